The van der Waals surface area contributed by atoms with E-state index < -0.39 is 24.5 Å². The van der Waals surface area contributed by atoms with Crippen molar-refractivity contribution in [3.8, 4) is 5.75 Å². The molecule has 56 heavy (non-hydrogen) atoms. The van der Waals surface area contributed by atoms with E-state index in [1.165, 1.54) is 10.4 Å². The van der Waals surface area contributed by atoms with Gasteiger partial charge >= 0.3 is 0 Å². The fourth-order valence-corrected chi connectivity index (χ4v) is 12.9. The van der Waals surface area contributed by atoms with E-state index in [2.05, 4.69) is 88.4 Å². The molecule has 0 heterocycles. The first-order valence-corrected chi connectivity index (χ1v) is 22.7. The molecule has 0 aromatic heterocycles. The molecule has 0 amide bonds. The Morgan fingerprint density at radius 2 is 1.14 bits per heavy atom. The first-order valence-electron chi connectivity index (χ1n) is 19.4. The molecule has 0 aliphatic heterocycles. The molecule has 0 bridgehead atoms. The highest BCUT2D eigenvalue weighted by Gasteiger charge is 2.52. The van der Waals surface area contributed by atoms with Crippen molar-refractivity contribution in [1.82, 2.24) is 0 Å². The van der Waals surface area contributed by atoms with E-state index in [9.17, 15) is 8.42 Å². The molecule has 0 aliphatic rings. The molecule has 298 valence electrons. The molecule has 0 unspecified atom stereocenters. The van der Waals surface area contributed by atoms with Gasteiger partial charge in [-0.3, -0.25) is 4.18 Å². The van der Waals surface area contributed by atoms with Crippen LogP contribution in [-0.4, -0.2) is 49.3 Å². The molecule has 7 nitrogen and oxygen atoms in total. The summed E-state index contributed by atoms with van der Waals surface area (Å²) in [7, 11) is -5.38. The number of ether oxygens (including phenoxy) is 3. The largest absolute Gasteiger partial charge is 0.497 e. The van der Waals surface area contributed by atoms with Crippen molar-refractivity contribution < 1.29 is 31.2 Å². The van der Waals surface area contributed by atoms with Gasteiger partial charge in [0.05, 0.1) is 50.6 Å². The average Bonchev–Trinajstić information content (AvgIpc) is 3.20. The lowest BCUT2D eigenvalue weighted by Gasteiger charge is -2.47. The zero-order chi connectivity index (χ0) is 40.2. The van der Waals surface area contributed by atoms with Gasteiger partial charge in [-0.25, -0.2) is 0 Å². The lowest BCUT2D eigenvalue weighted by molar-refractivity contribution is -0.0492. The van der Waals surface area contributed by atoms with Crippen LogP contribution in [-0.2, 0) is 41.4 Å². The Balaban J connectivity index is 1.52. The van der Waals surface area contributed by atoms with Gasteiger partial charge in [-0.15, -0.1) is 0 Å². The number of methoxy groups -OCH3 is 1. The smallest absolute Gasteiger partial charge is 0.296 e. The highest BCUT2D eigenvalue weighted by molar-refractivity contribution is 7.86. The Kier molecular flexibility index (Phi) is 15.3. The van der Waals surface area contributed by atoms with Gasteiger partial charge in [-0.2, -0.15) is 8.42 Å². The lowest BCUT2D eigenvalue weighted by Crippen LogP contribution is -2.68. The van der Waals surface area contributed by atoms with Crippen molar-refractivity contribution in [1.29, 1.82) is 0 Å². The summed E-state index contributed by atoms with van der Waals surface area (Å²) in [5.74, 6) is 0.379. The Labute approximate surface area is 336 Å². The molecule has 0 radical (unpaired) electrons. The quantitative estimate of drug-likeness (QED) is 0.0575. The molecule has 0 saturated carbocycles. The first kappa shape index (κ1) is 43.0. The van der Waals surface area contributed by atoms with Crippen LogP contribution in [0.1, 0.15) is 57.7 Å². The van der Waals surface area contributed by atoms with Crippen LogP contribution < -0.4 is 15.1 Å². The SMILES string of the molecule is COc1ccc(CO[C@@H](C[C@H](O[Si](c2ccccc2)(c2ccccc2)C(C)(C)C)[C@H](C)COCc2ccccc2)[C@@H](C)COS(=O)(=O)c2ccc(C)cc2)cc1. The van der Waals surface area contributed by atoms with Crippen molar-refractivity contribution in [2.45, 2.75) is 83.3 Å². The van der Waals surface area contributed by atoms with Crippen LogP contribution in [0.25, 0.3) is 0 Å². The minimum absolute atomic E-state index is 0.0585. The van der Waals surface area contributed by atoms with Crippen LogP contribution in [0, 0.1) is 18.8 Å². The van der Waals surface area contributed by atoms with E-state index in [4.69, 9.17) is 22.8 Å². The van der Waals surface area contributed by atoms with Crippen molar-refractivity contribution in [2.24, 2.45) is 11.8 Å². The molecule has 0 spiro atoms. The van der Waals surface area contributed by atoms with Gasteiger partial charge in [0, 0.05) is 11.8 Å². The van der Waals surface area contributed by atoms with Crippen LogP contribution in [0.15, 0.2) is 144 Å². The number of aryl methyl sites for hydroxylation is 1. The summed E-state index contributed by atoms with van der Waals surface area (Å²) in [5, 5.41) is 2.09. The van der Waals surface area contributed by atoms with Gasteiger partial charge in [0.1, 0.15) is 5.75 Å². The highest BCUT2D eigenvalue weighted by atomic mass is 32.2. The molecule has 0 aliphatic carbocycles. The van der Waals surface area contributed by atoms with E-state index in [0.29, 0.717) is 26.2 Å². The molecular weight excluding hydrogens is 737 g/mol. The maximum absolute atomic E-state index is 13.4. The fraction of sp³-hybridized carbons (Fsp3) is 0.362. The number of rotatable bonds is 20. The van der Waals surface area contributed by atoms with Gasteiger partial charge in [0.2, 0.25) is 0 Å². The third-order valence-electron chi connectivity index (χ3n) is 10.4. The summed E-state index contributed by atoms with van der Waals surface area (Å²) in [6.45, 7) is 14.1. The summed E-state index contributed by atoms with van der Waals surface area (Å²) < 4.78 is 58.9. The first-order chi connectivity index (χ1) is 26.8. The molecule has 0 fully saturated rings. The average molecular weight is 795 g/mol. The Morgan fingerprint density at radius 1 is 0.625 bits per heavy atom. The van der Waals surface area contributed by atoms with E-state index in [0.717, 1.165) is 22.4 Å². The van der Waals surface area contributed by atoms with Crippen LogP contribution in [0.5, 0.6) is 5.75 Å². The normalized spacial score (nSPS) is 14.5. The lowest BCUT2D eigenvalue weighted by atomic mass is 9.94. The van der Waals surface area contributed by atoms with Gasteiger partial charge in [-0.05, 0) is 64.1 Å². The van der Waals surface area contributed by atoms with Gasteiger partial charge < -0.3 is 18.6 Å². The van der Waals surface area contributed by atoms with Crippen LogP contribution in [0.2, 0.25) is 5.04 Å². The zero-order valence-electron chi connectivity index (χ0n) is 33.9. The van der Waals surface area contributed by atoms with Gasteiger partial charge in [0.25, 0.3) is 18.4 Å². The molecule has 5 aromatic carbocycles. The maximum atomic E-state index is 13.4. The van der Waals surface area contributed by atoms with Crippen molar-refractivity contribution in [3.63, 3.8) is 0 Å². The molecule has 9 heteroatoms. The van der Waals surface area contributed by atoms with Crippen LogP contribution in [0.4, 0.5) is 0 Å². The molecule has 0 saturated heterocycles. The van der Waals surface area contributed by atoms with Crippen LogP contribution in [0.3, 0.4) is 0 Å². The van der Waals surface area contributed by atoms with E-state index >= 15 is 0 Å². The standard InChI is InChI=1S/C47H58O7SSi/c1-36-23-29-42(30-24-36)55(48,49)53-33-38(3)45(52-35-40-25-27-41(50-7)28-26-40)31-46(37(2)32-51-34-39-17-11-8-12-18-39)54-56(47(4,5)6,43-19-13-9-14-20-43)44-21-15-10-16-22-44/h8-30,37-38,45-46H,31-35H2,1-7H3/t37-,38+,45+,46+/m1/s1. The summed E-state index contributed by atoms with van der Waals surface area (Å²) >= 11 is 0. The monoisotopic (exact) mass is 794 g/mol. The maximum Gasteiger partial charge on any atom is 0.296 e. The number of benzene rings is 5. The molecule has 5 rings (SSSR count). The predicted octanol–water partition coefficient (Wildman–Crippen LogP) is 9.12. The molecular formula is C47H58O7SSi. The summed E-state index contributed by atoms with van der Waals surface area (Å²) in [6, 6.07) is 45.9. The highest BCUT2D eigenvalue weighted by Crippen LogP contribution is 2.39. The van der Waals surface area contributed by atoms with E-state index in [1.807, 2.05) is 68.4 Å². The molecule has 0 N–H and O–H groups in total. The second kappa shape index (κ2) is 19.9. The summed E-state index contributed by atoms with van der Waals surface area (Å²) in [5.41, 5.74) is 3.04. The van der Waals surface area contributed by atoms with Crippen molar-refractivity contribution >= 4 is 28.8 Å². The van der Waals surface area contributed by atoms with Crippen molar-refractivity contribution in [3.05, 3.63) is 156 Å². The van der Waals surface area contributed by atoms with E-state index in [-0.39, 0.29) is 34.5 Å². The fourth-order valence-electron chi connectivity index (χ4n) is 7.05. The minimum Gasteiger partial charge on any atom is -0.497 e. The Hall–Kier alpha value is -4.09. The summed E-state index contributed by atoms with van der Waals surface area (Å²) in [4.78, 5) is 0.128. The number of hydrogen-bond donors (Lipinski definition) is 0. The number of hydrogen-bond acceptors (Lipinski definition) is 7. The van der Waals surface area contributed by atoms with E-state index in [1.54, 1.807) is 31.4 Å². The Morgan fingerprint density at radius 3 is 1.68 bits per heavy atom. The van der Waals surface area contributed by atoms with Crippen LogP contribution >= 0.6 is 0 Å². The Bertz CT molecular complexity index is 1960. The second-order valence-electron chi connectivity index (χ2n) is 15.8. The molecule has 5 aromatic rings. The van der Waals surface area contributed by atoms with Crippen molar-refractivity contribution in [2.75, 3.05) is 20.3 Å². The molecule has 4 atom stereocenters. The topological polar surface area (TPSA) is 80.3 Å². The second-order valence-corrected chi connectivity index (χ2v) is 21.6. The summed E-state index contributed by atoms with van der Waals surface area (Å²) in [6.07, 6.45) is -0.301. The minimum atomic E-state index is -4.00. The van der Waals surface area contributed by atoms with Gasteiger partial charge in [-0.1, -0.05) is 155 Å². The third-order valence-corrected chi connectivity index (χ3v) is 16.7. The zero-order valence-corrected chi connectivity index (χ0v) is 35.7. The van der Waals surface area contributed by atoms with Gasteiger partial charge in [0.15, 0.2) is 0 Å². The third kappa shape index (κ3) is 11.3. The predicted molar refractivity (Wildman–Crippen MR) is 227 cm³/mol.